The summed E-state index contributed by atoms with van der Waals surface area (Å²) in [6.45, 7) is 7.15. The SMILES string of the molecule is C=C[CH2][Sn]([Cl])([Cl])[CH2]C=C.CN(C)P(=O)(N(C)C)N(C)C. The van der Waals surface area contributed by atoms with Crippen molar-refractivity contribution in [1.82, 2.24) is 14.0 Å². The Morgan fingerprint density at radius 3 is 1.25 bits per heavy atom. The Kier molecular flexibility index (Phi) is 12.4. The van der Waals surface area contributed by atoms with Crippen LogP contribution in [0.5, 0.6) is 0 Å². The average Bonchev–Trinajstić information content (AvgIpc) is 2.27. The van der Waals surface area contributed by atoms with Gasteiger partial charge in [0.1, 0.15) is 0 Å². The molecule has 0 saturated heterocycles. The quantitative estimate of drug-likeness (QED) is 0.332. The number of halogens is 2. The molecule has 0 fully saturated rings. The van der Waals surface area contributed by atoms with Crippen LogP contribution in [0.4, 0.5) is 0 Å². The second kappa shape index (κ2) is 10.7. The first kappa shape index (κ1) is 23.2. The zero-order valence-electron chi connectivity index (χ0n) is 13.4. The van der Waals surface area contributed by atoms with Crippen molar-refractivity contribution in [2.24, 2.45) is 0 Å². The second-order valence-corrected chi connectivity index (χ2v) is 26.5. The van der Waals surface area contributed by atoms with Crippen LogP contribution in [0.1, 0.15) is 0 Å². The van der Waals surface area contributed by atoms with Gasteiger partial charge in [-0.1, -0.05) is 0 Å². The number of hydrogen-bond donors (Lipinski definition) is 0. The maximum Gasteiger partial charge on any atom is 0.285 e. The van der Waals surface area contributed by atoms with E-state index >= 15 is 0 Å². The number of hydrogen-bond acceptors (Lipinski definition) is 1. The summed E-state index contributed by atoms with van der Waals surface area (Å²) in [4.78, 5) is 0. The Morgan fingerprint density at radius 1 is 0.900 bits per heavy atom. The predicted molar refractivity (Wildman–Crippen MR) is 96.1 cm³/mol. The molecule has 0 radical (unpaired) electrons. The molecule has 0 saturated carbocycles. The van der Waals surface area contributed by atoms with E-state index in [0.29, 0.717) is 0 Å². The summed E-state index contributed by atoms with van der Waals surface area (Å²) < 4.78 is 18.9. The minimum absolute atomic E-state index is 0.809. The molecule has 0 atom stereocenters. The molecule has 0 aliphatic carbocycles. The molecule has 0 spiro atoms. The van der Waals surface area contributed by atoms with E-state index in [1.54, 1.807) is 26.2 Å². The molecule has 0 unspecified atom stereocenters. The van der Waals surface area contributed by atoms with E-state index in [1.807, 2.05) is 42.3 Å². The number of rotatable bonds is 7. The third kappa shape index (κ3) is 8.42. The Bertz CT molecular complexity index is 309. The summed E-state index contributed by atoms with van der Waals surface area (Å²) in [7, 11) is 20.4. The molecule has 4 nitrogen and oxygen atoms in total. The van der Waals surface area contributed by atoms with Crippen LogP contribution in [0, 0.1) is 0 Å². The molecule has 8 heteroatoms. The number of nitrogens with zero attached hydrogens (tertiary/aromatic N) is 3. The zero-order chi connectivity index (χ0) is 16.6. The standard InChI is InChI=1S/C6H18N3OP.2C3H5.2ClH.Sn/c1-7(2)11(10,8(3)4)9(5)6;2*1-3-2;;;/h1-6H3;2*3H,1-2H2;2*1H;/q;;;;;+2/p-2. The second-order valence-electron chi connectivity index (χ2n) is 4.90. The molecule has 120 valence electrons. The van der Waals surface area contributed by atoms with Gasteiger partial charge in [-0.15, -0.1) is 0 Å². The van der Waals surface area contributed by atoms with E-state index in [4.69, 9.17) is 17.8 Å². The maximum atomic E-state index is 12.1. The predicted octanol–water partition coefficient (Wildman–Crippen LogP) is 4.06. The Balaban J connectivity index is 0. The van der Waals surface area contributed by atoms with E-state index in [1.165, 1.54) is 0 Å². The molecule has 20 heavy (non-hydrogen) atoms. The molecule has 0 amide bonds. The Labute approximate surface area is 136 Å². The van der Waals surface area contributed by atoms with Crippen LogP contribution in [-0.4, -0.2) is 72.4 Å². The van der Waals surface area contributed by atoms with E-state index in [0.717, 1.165) is 8.87 Å². The normalized spacial score (nSPS) is 12.3. The fourth-order valence-corrected chi connectivity index (χ4v) is 9.54. The first-order chi connectivity index (χ1) is 8.95. The third-order valence-electron chi connectivity index (χ3n) is 2.45. The van der Waals surface area contributed by atoms with Crippen LogP contribution < -0.4 is 0 Å². The van der Waals surface area contributed by atoms with Crippen molar-refractivity contribution in [3.8, 4) is 0 Å². The molecular formula is C12H28Cl2N3OPSn. The molecular weight excluding hydrogens is 423 g/mol. The van der Waals surface area contributed by atoms with Gasteiger partial charge in [0.25, 0.3) is 7.59 Å². The topological polar surface area (TPSA) is 26.8 Å². The molecule has 0 aliphatic rings. The van der Waals surface area contributed by atoms with Crippen molar-refractivity contribution in [3.05, 3.63) is 25.3 Å². The Hall–Kier alpha value is 0.969. The fraction of sp³-hybridized carbons (Fsp3) is 0.667. The minimum atomic E-state index is -2.66. The van der Waals surface area contributed by atoms with Crippen LogP contribution in [0.25, 0.3) is 0 Å². The van der Waals surface area contributed by atoms with Crippen molar-refractivity contribution in [2.75, 3.05) is 42.3 Å². The van der Waals surface area contributed by atoms with Crippen molar-refractivity contribution < 1.29 is 4.57 Å². The van der Waals surface area contributed by atoms with E-state index in [-0.39, 0.29) is 0 Å². The minimum Gasteiger partial charge on any atom is -0.270 e. The van der Waals surface area contributed by atoms with Gasteiger partial charge in [0, 0.05) is 0 Å². The van der Waals surface area contributed by atoms with Crippen LogP contribution in [0.2, 0.25) is 8.87 Å². The summed E-state index contributed by atoms with van der Waals surface area (Å²) in [5.41, 5.74) is 0. The largest absolute Gasteiger partial charge is 0.285 e. The monoisotopic (exact) mass is 451 g/mol. The molecule has 0 aliphatic heterocycles. The zero-order valence-corrected chi connectivity index (χ0v) is 18.7. The van der Waals surface area contributed by atoms with Crippen molar-refractivity contribution in [2.45, 2.75) is 8.87 Å². The number of allylic oxidation sites excluding steroid dienone is 2. The summed E-state index contributed by atoms with van der Waals surface area (Å²) >= 11 is -2.66. The van der Waals surface area contributed by atoms with Gasteiger partial charge in [0.05, 0.1) is 0 Å². The van der Waals surface area contributed by atoms with Gasteiger partial charge in [0.15, 0.2) is 0 Å². The molecule has 0 rings (SSSR count). The van der Waals surface area contributed by atoms with Crippen LogP contribution in [0.3, 0.4) is 0 Å². The van der Waals surface area contributed by atoms with Gasteiger partial charge >= 0.3 is 68.1 Å². The molecule has 0 aromatic rings. The van der Waals surface area contributed by atoms with Crippen molar-refractivity contribution in [1.29, 1.82) is 0 Å². The van der Waals surface area contributed by atoms with Gasteiger partial charge in [-0.2, -0.15) is 0 Å². The van der Waals surface area contributed by atoms with E-state index < -0.39 is 23.7 Å². The first-order valence-electron chi connectivity index (χ1n) is 6.18. The summed E-state index contributed by atoms with van der Waals surface area (Å²) in [5, 5.41) is 0. The smallest absolute Gasteiger partial charge is 0.270 e. The van der Waals surface area contributed by atoms with Crippen LogP contribution >= 0.6 is 25.4 Å². The molecule has 0 bridgehead atoms. The van der Waals surface area contributed by atoms with Crippen molar-refractivity contribution >= 4 is 41.6 Å². The van der Waals surface area contributed by atoms with Gasteiger partial charge < -0.3 is 0 Å². The van der Waals surface area contributed by atoms with Gasteiger partial charge in [-0.05, 0) is 42.3 Å². The third-order valence-corrected chi connectivity index (χ3v) is 14.8. The summed E-state index contributed by atoms with van der Waals surface area (Å²) in [5.74, 6) is 0. The van der Waals surface area contributed by atoms with Crippen molar-refractivity contribution in [3.63, 3.8) is 0 Å². The first-order valence-corrected chi connectivity index (χ1v) is 19.0. The molecule has 0 aromatic heterocycles. The summed E-state index contributed by atoms with van der Waals surface area (Å²) in [6.07, 6.45) is 3.58. The maximum absolute atomic E-state index is 12.1. The van der Waals surface area contributed by atoms with E-state index in [2.05, 4.69) is 13.2 Å². The van der Waals surface area contributed by atoms with Gasteiger partial charge in [-0.25, -0.2) is 14.0 Å². The fourth-order valence-electron chi connectivity index (χ4n) is 1.58. The summed E-state index contributed by atoms with van der Waals surface area (Å²) in [6, 6.07) is 0. The van der Waals surface area contributed by atoms with E-state index in [9.17, 15) is 4.57 Å². The molecule has 0 heterocycles. The van der Waals surface area contributed by atoms with Gasteiger partial charge in [-0.3, -0.25) is 4.57 Å². The van der Waals surface area contributed by atoms with Gasteiger partial charge in [0.2, 0.25) is 0 Å². The molecule has 0 aromatic carbocycles. The van der Waals surface area contributed by atoms with Crippen LogP contribution in [-0.2, 0) is 4.57 Å². The van der Waals surface area contributed by atoms with Crippen LogP contribution in [0.15, 0.2) is 25.3 Å². The molecule has 0 N–H and O–H groups in total. The average molecular weight is 451 g/mol. The Morgan fingerprint density at radius 2 is 1.15 bits per heavy atom.